The van der Waals surface area contributed by atoms with Crippen molar-refractivity contribution < 1.29 is 4.74 Å². The third-order valence-corrected chi connectivity index (χ3v) is 4.60. The fraction of sp³-hybridized carbons (Fsp3) is 0.667. The van der Waals surface area contributed by atoms with Crippen LogP contribution >= 0.6 is 0 Å². The van der Waals surface area contributed by atoms with Crippen LogP contribution in [0.5, 0.6) is 5.88 Å². The molecule has 90 valence electrons. The van der Waals surface area contributed by atoms with Gasteiger partial charge < -0.3 is 15.0 Å². The molecular formula is C12H15N3O2. The highest BCUT2D eigenvalue weighted by molar-refractivity contribution is 5.13. The minimum absolute atomic E-state index is 0.134. The summed E-state index contributed by atoms with van der Waals surface area (Å²) in [5.41, 5.74) is -0.232. The molecule has 5 heteroatoms. The smallest absolute Gasteiger partial charge is 0.310 e. The Hall–Kier alpha value is -1.36. The molecule has 4 rings (SSSR count). The van der Waals surface area contributed by atoms with Gasteiger partial charge in [-0.3, -0.25) is 4.79 Å². The van der Waals surface area contributed by atoms with Crippen LogP contribution < -0.4 is 15.6 Å². The molecule has 2 saturated carbocycles. The Morgan fingerprint density at radius 1 is 1.35 bits per heavy atom. The number of ether oxygens (including phenoxy) is 1. The quantitative estimate of drug-likeness (QED) is 0.763. The lowest BCUT2D eigenvalue weighted by atomic mass is 9.88. The summed E-state index contributed by atoms with van der Waals surface area (Å²) in [7, 11) is 0. The van der Waals surface area contributed by atoms with Crippen LogP contribution in [0.1, 0.15) is 12.8 Å². The highest BCUT2D eigenvalue weighted by Gasteiger charge is 2.57. The molecule has 0 aromatic carbocycles. The molecule has 5 nitrogen and oxygen atoms in total. The van der Waals surface area contributed by atoms with Gasteiger partial charge in [0.1, 0.15) is 6.10 Å². The lowest BCUT2D eigenvalue weighted by Crippen LogP contribution is -2.42. The van der Waals surface area contributed by atoms with E-state index in [9.17, 15) is 4.79 Å². The predicted octanol–water partition coefficient (Wildman–Crippen LogP) is 0.145. The summed E-state index contributed by atoms with van der Waals surface area (Å²) >= 11 is 0. The van der Waals surface area contributed by atoms with Gasteiger partial charge in [0.25, 0.3) is 5.88 Å². The minimum atomic E-state index is -0.232. The summed E-state index contributed by atoms with van der Waals surface area (Å²) in [5.74, 6) is 2.42. The molecule has 2 bridgehead atoms. The van der Waals surface area contributed by atoms with Crippen LogP contribution in [-0.2, 0) is 0 Å². The zero-order valence-corrected chi connectivity index (χ0v) is 9.43. The second-order valence-electron chi connectivity index (χ2n) is 5.40. The Morgan fingerprint density at radius 2 is 2.29 bits per heavy atom. The summed E-state index contributed by atoms with van der Waals surface area (Å²) < 4.78 is 5.85. The average molecular weight is 233 g/mol. The first-order chi connectivity index (χ1) is 8.33. The largest absolute Gasteiger partial charge is 0.468 e. The number of hydrogen-bond acceptors (Lipinski definition) is 4. The molecular weight excluding hydrogens is 218 g/mol. The Morgan fingerprint density at radius 3 is 3.18 bits per heavy atom. The van der Waals surface area contributed by atoms with E-state index in [1.54, 1.807) is 6.20 Å². The van der Waals surface area contributed by atoms with Crippen LogP contribution in [0.25, 0.3) is 0 Å². The Kier molecular flexibility index (Phi) is 1.88. The van der Waals surface area contributed by atoms with Crippen LogP contribution in [0.4, 0.5) is 0 Å². The van der Waals surface area contributed by atoms with Gasteiger partial charge in [0.2, 0.25) is 0 Å². The number of fused-ring (bicyclic) bond motifs is 1. The first-order valence-electron chi connectivity index (χ1n) is 6.26. The molecule has 0 radical (unpaired) electrons. The number of hydrogen-bond donors (Lipinski definition) is 2. The number of nitrogens with zero attached hydrogens (tertiary/aromatic N) is 1. The van der Waals surface area contributed by atoms with Crippen molar-refractivity contribution in [2.45, 2.75) is 25.0 Å². The van der Waals surface area contributed by atoms with Crippen molar-refractivity contribution in [3.63, 3.8) is 0 Å². The van der Waals surface area contributed by atoms with E-state index in [1.807, 2.05) is 0 Å². The number of rotatable bonds is 2. The normalized spacial score (nSPS) is 42.0. The molecule has 5 atom stereocenters. The van der Waals surface area contributed by atoms with Crippen molar-refractivity contribution >= 4 is 0 Å². The SMILES string of the molecule is O=c1[nH]ccnc1OC1C2CC3CNC1C3C2. The van der Waals surface area contributed by atoms with Crippen molar-refractivity contribution in [2.24, 2.45) is 17.8 Å². The highest BCUT2D eigenvalue weighted by atomic mass is 16.5. The Balaban J connectivity index is 1.61. The summed E-state index contributed by atoms with van der Waals surface area (Å²) in [6.45, 7) is 1.12. The van der Waals surface area contributed by atoms with E-state index in [1.165, 1.54) is 19.0 Å². The second kappa shape index (κ2) is 3.32. The van der Waals surface area contributed by atoms with Gasteiger partial charge in [-0.15, -0.1) is 0 Å². The highest BCUT2D eigenvalue weighted by Crippen LogP contribution is 2.52. The van der Waals surface area contributed by atoms with Gasteiger partial charge in [-0.1, -0.05) is 0 Å². The third-order valence-electron chi connectivity index (χ3n) is 4.60. The maximum atomic E-state index is 11.6. The fourth-order valence-corrected chi connectivity index (χ4v) is 3.96. The molecule has 0 spiro atoms. The molecule has 1 aliphatic heterocycles. The number of nitrogens with one attached hydrogen (secondary N) is 2. The molecule has 2 heterocycles. The molecule has 1 saturated heterocycles. The van der Waals surface area contributed by atoms with Crippen LogP contribution in [0, 0.1) is 17.8 Å². The predicted molar refractivity (Wildman–Crippen MR) is 60.8 cm³/mol. The summed E-state index contributed by atoms with van der Waals surface area (Å²) in [6, 6.07) is 0.431. The van der Waals surface area contributed by atoms with Crippen molar-refractivity contribution in [1.82, 2.24) is 15.3 Å². The number of aromatic nitrogens is 2. The van der Waals surface area contributed by atoms with E-state index >= 15 is 0 Å². The monoisotopic (exact) mass is 233 g/mol. The van der Waals surface area contributed by atoms with Gasteiger partial charge in [0.05, 0.1) is 0 Å². The van der Waals surface area contributed by atoms with Crippen LogP contribution in [0.3, 0.4) is 0 Å². The zero-order valence-electron chi connectivity index (χ0n) is 9.43. The molecule has 5 unspecified atom stereocenters. The van der Waals surface area contributed by atoms with Gasteiger partial charge in [-0.25, -0.2) is 4.98 Å². The lowest BCUT2D eigenvalue weighted by Gasteiger charge is -2.27. The lowest BCUT2D eigenvalue weighted by molar-refractivity contribution is 0.107. The molecule has 2 aliphatic carbocycles. The molecule has 2 N–H and O–H groups in total. The zero-order chi connectivity index (χ0) is 11.4. The molecule has 1 aromatic rings. The van der Waals surface area contributed by atoms with E-state index in [-0.39, 0.29) is 17.5 Å². The van der Waals surface area contributed by atoms with E-state index in [0.29, 0.717) is 12.0 Å². The molecule has 1 aromatic heterocycles. The summed E-state index contributed by atoms with van der Waals surface area (Å²) in [4.78, 5) is 18.2. The Bertz CT molecular complexity index is 499. The van der Waals surface area contributed by atoms with Crippen molar-refractivity contribution in [3.8, 4) is 5.88 Å². The Labute approximate surface area is 98.6 Å². The average Bonchev–Trinajstić information content (AvgIpc) is 2.92. The number of H-pyrrole nitrogens is 1. The van der Waals surface area contributed by atoms with E-state index in [2.05, 4.69) is 15.3 Å². The van der Waals surface area contributed by atoms with Crippen LogP contribution in [0.2, 0.25) is 0 Å². The van der Waals surface area contributed by atoms with Crippen LogP contribution in [-0.4, -0.2) is 28.7 Å². The summed E-state index contributed by atoms with van der Waals surface area (Å²) in [6.07, 6.45) is 5.71. The van der Waals surface area contributed by atoms with Gasteiger partial charge in [0.15, 0.2) is 0 Å². The molecule has 0 amide bonds. The first-order valence-corrected chi connectivity index (χ1v) is 6.26. The maximum Gasteiger partial charge on any atom is 0.310 e. The first kappa shape index (κ1) is 9.65. The van der Waals surface area contributed by atoms with Crippen molar-refractivity contribution in [1.29, 1.82) is 0 Å². The molecule has 3 fully saturated rings. The second-order valence-corrected chi connectivity index (χ2v) is 5.40. The van der Waals surface area contributed by atoms with Crippen molar-refractivity contribution in [3.05, 3.63) is 22.7 Å². The minimum Gasteiger partial charge on any atom is -0.468 e. The maximum absolute atomic E-state index is 11.6. The number of aromatic amines is 1. The topological polar surface area (TPSA) is 67.0 Å². The van der Waals surface area contributed by atoms with Gasteiger partial charge >= 0.3 is 5.56 Å². The van der Waals surface area contributed by atoms with Gasteiger partial charge in [-0.2, -0.15) is 0 Å². The van der Waals surface area contributed by atoms with Gasteiger partial charge in [0, 0.05) is 18.4 Å². The van der Waals surface area contributed by atoms with E-state index in [0.717, 1.165) is 18.4 Å². The molecule has 17 heavy (non-hydrogen) atoms. The fourth-order valence-electron chi connectivity index (χ4n) is 3.96. The van der Waals surface area contributed by atoms with E-state index < -0.39 is 0 Å². The standard InChI is InChI=1S/C12H15N3O2/c16-11-12(14-2-1-13-11)17-10-6-3-7-5-15-9(10)8(7)4-6/h1-2,6-10,15H,3-5H2,(H,13,16). The molecule has 3 aliphatic rings. The van der Waals surface area contributed by atoms with E-state index in [4.69, 9.17) is 4.74 Å². The van der Waals surface area contributed by atoms with Crippen LogP contribution in [0.15, 0.2) is 17.2 Å². The summed E-state index contributed by atoms with van der Waals surface area (Å²) in [5, 5.41) is 3.53. The van der Waals surface area contributed by atoms with Crippen molar-refractivity contribution in [2.75, 3.05) is 6.54 Å². The third kappa shape index (κ3) is 1.29. The van der Waals surface area contributed by atoms with Gasteiger partial charge in [-0.05, 0) is 37.1 Å².